The first kappa shape index (κ1) is 11.3. The fourth-order valence-corrected chi connectivity index (χ4v) is 2.07. The van der Waals surface area contributed by atoms with Crippen LogP contribution in [0.5, 0.6) is 0 Å². The fraction of sp³-hybridized carbons (Fsp3) is 0.455. The van der Waals surface area contributed by atoms with Gasteiger partial charge in [-0.05, 0) is 13.0 Å². The summed E-state index contributed by atoms with van der Waals surface area (Å²) in [7, 11) is 0. The lowest BCUT2D eigenvalue weighted by Gasteiger charge is -2.07. The van der Waals surface area contributed by atoms with E-state index in [4.69, 9.17) is 0 Å². The smallest absolute Gasteiger partial charge is 0.0952 e. The topological polar surface area (TPSA) is 42.7 Å². The van der Waals surface area contributed by atoms with E-state index in [2.05, 4.69) is 32.2 Å². The van der Waals surface area contributed by atoms with Crippen molar-refractivity contribution in [2.75, 3.05) is 6.54 Å². The summed E-state index contributed by atoms with van der Waals surface area (Å²) in [4.78, 5) is 8.46. The van der Waals surface area contributed by atoms with Gasteiger partial charge in [0.15, 0.2) is 0 Å². The zero-order valence-corrected chi connectivity index (χ0v) is 10.2. The van der Waals surface area contributed by atoms with Crippen LogP contribution in [0.3, 0.4) is 0 Å². The van der Waals surface area contributed by atoms with E-state index in [9.17, 15) is 0 Å². The van der Waals surface area contributed by atoms with Crippen LogP contribution in [0.2, 0.25) is 0 Å². The van der Waals surface area contributed by atoms with E-state index in [0.29, 0.717) is 0 Å². The number of hydrogen-bond donors (Lipinski definition) is 1. The molecule has 0 amide bonds. The quantitative estimate of drug-likeness (QED) is 0.779. The summed E-state index contributed by atoms with van der Waals surface area (Å²) in [6.45, 7) is 4.89. The second-order valence-corrected chi connectivity index (χ2v) is 4.39. The van der Waals surface area contributed by atoms with Gasteiger partial charge in [-0.25, -0.2) is 9.97 Å². The van der Waals surface area contributed by atoms with E-state index in [1.54, 1.807) is 11.3 Å². The van der Waals surface area contributed by atoms with Crippen molar-refractivity contribution >= 4 is 11.3 Å². The van der Waals surface area contributed by atoms with Crippen LogP contribution in [-0.4, -0.2) is 21.1 Å². The number of aromatic nitrogens is 3. The molecule has 0 aliphatic carbocycles. The van der Waals surface area contributed by atoms with E-state index < -0.39 is 0 Å². The zero-order chi connectivity index (χ0) is 11.2. The van der Waals surface area contributed by atoms with Gasteiger partial charge in [-0.2, -0.15) is 0 Å². The van der Waals surface area contributed by atoms with Gasteiger partial charge in [0.05, 0.1) is 29.8 Å². The molecule has 0 spiro atoms. The van der Waals surface area contributed by atoms with Crippen LogP contribution < -0.4 is 5.32 Å². The van der Waals surface area contributed by atoms with Crippen LogP contribution in [0.4, 0.5) is 0 Å². The molecule has 0 unspecified atom stereocenters. The molecule has 0 radical (unpaired) electrons. The predicted molar refractivity (Wildman–Crippen MR) is 65.4 cm³/mol. The summed E-state index contributed by atoms with van der Waals surface area (Å²) >= 11 is 1.63. The van der Waals surface area contributed by atoms with Crippen LogP contribution in [0, 0.1) is 0 Å². The Morgan fingerprint density at radius 1 is 1.50 bits per heavy atom. The third-order valence-corrected chi connectivity index (χ3v) is 2.98. The van der Waals surface area contributed by atoms with Gasteiger partial charge in [0, 0.05) is 18.1 Å². The summed E-state index contributed by atoms with van der Waals surface area (Å²) in [6, 6.07) is 0. The van der Waals surface area contributed by atoms with E-state index in [1.807, 2.05) is 18.0 Å². The molecule has 2 aromatic heterocycles. The SMILES string of the molecule is CCCNCc1cncn1Cc1cscn1. The van der Waals surface area contributed by atoms with Crippen LogP contribution in [-0.2, 0) is 13.1 Å². The Kier molecular flexibility index (Phi) is 4.07. The maximum Gasteiger partial charge on any atom is 0.0952 e. The summed E-state index contributed by atoms with van der Waals surface area (Å²) in [5.41, 5.74) is 4.17. The molecule has 0 atom stereocenters. The summed E-state index contributed by atoms with van der Waals surface area (Å²) in [6.07, 6.45) is 4.93. The van der Waals surface area contributed by atoms with Crippen molar-refractivity contribution in [1.29, 1.82) is 0 Å². The molecule has 16 heavy (non-hydrogen) atoms. The van der Waals surface area contributed by atoms with E-state index in [1.165, 1.54) is 5.69 Å². The maximum absolute atomic E-state index is 4.28. The van der Waals surface area contributed by atoms with Crippen molar-refractivity contribution in [3.63, 3.8) is 0 Å². The van der Waals surface area contributed by atoms with Gasteiger partial charge >= 0.3 is 0 Å². The number of nitrogens with one attached hydrogen (secondary N) is 1. The predicted octanol–water partition coefficient (Wildman–Crippen LogP) is 1.89. The second-order valence-electron chi connectivity index (χ2n) is 3.67. The lowest BCUT2D eigenvalue weighted by Crippen LogP contribution is -2.17. The molecule has 0 aliphatic rings. The molecule has 0 aliphatic heterocycles. The minimum absolute atomic E-state index is 0.812. The number of rotatable bonds is 6. The Labute approximate surface area is 99.4 Å². The van der Waals surface area contributed by atoms with Gasteiger partial charge in [0.1, 0.15) is 0 Å². The normalized spacial score (nSPS) is 10.8. The Hall–Kier alpha value is -1.20. The van der Waals surface area contributed by atoms with E-state index in [0.717, 1.165) is 31.7 Å². The first-order valence-corrected chi connectivity index (χ1v) is 6.41. The van der Waals surface area contributed by atoms with Crippen molar-refractivity contribution in [1.82, 2.24) is 19.9 Å². The molecule has 4 nitrogen and oxygen atoms in total. The Morgan fingerprint density at radius 2 is 2.44 bits per heavy atom. The average Bonchev–Trinajstić information content (AvgIpc) is 2.92. The van der Waals surface area contributed by atoms with Gasteiger partial charge < -0.3 is 9.88 Å². The molecule has 2 rings (SSSR count). The van der Waals surface area contributed by atoms with E-state index >= 15 is 0 Å². The first-order chi connectivity index (χ1) is 7.90. The number of imidazole rings is 1. The van der Waals surface area contributed by atoms with Crippen LogP contribution in [0.1, 0.15) is 24.7 Å². The van der Waals surface area contributed by atoms with Crippen molar-refractivity contribution in [2.24, 2.45) is 0 Å². The molecule has 0 saturated carbocycles. The number of hydrogen-bond acceptors (Lipinski definition) is 4. The molecule has 0 saturated heterocycles. The zero-order valence-electron chi connectivity index (χ0n) is 9.39. The first-order valence-electron chi connectivity index (χ1n) is 5.47. The minimum atomic E-state index is 0.812. The largest absolute Gasteiger partial charge is 0.327 e. The molecular formula is C11H16N4S. The summed E-state index contributed by atoms with van der Waals surface area (Å²) in [5, 5.41) is 5.45. The van der Waals surface area contributed by atoms with Gasteiger partial charge in [-0.3, -0.25) is 0 Å². The Morgan fingerprint density at radius 3 is 3.19 bits per heavy atom. The summed E-state index contributed by atoms with van der Waals surface area (Å²) in [5.74, 6) is 0. The highest BCUT2D eigenvalue weighted by molar-refractivity contribution is 7.07. The van der Waals surface area contributed by atoms with Crippen molar-refractivity contribution in [3.05, 3.63) is 34.8 Å². The molecule has 1 N–H and O–H groups in total. The third-order valence-electron chi connectivity index (χ3n) is 2.35. The molecule has 0 bridgehead atoms. The molecular weight excluding hydrogens is 220 g/mol. The molecule has 2 aromatic rings. The molecule has 2 heterocycles. The lowest BCUT2D eigenvalue weighted by molar-refractivity contribution is 0.627. The van der Waals surface area contributed by atoms with Crippen molar-refractivity contribution < 1.29 is 0 Å². The van der Waals surface area contributed by atoms with Gasteiger partial charge in [0.2, 0.25) is 0 Å². The maximum atomic E-state index is 4.28. The highest BCUT2D eigenvalue weighted by Gasteiger charge is 2.03. The van der Waals surface area contributed by atoms with Gasteiger partial charge in [-0.1, -0.05) is 6.92 Å². The summed E-state index contributed by atoms with van der Waals surface area (Å²) < 4.78 is 2.14. The standard InChI is InChI=1S/C11H16N4S/c1-2-3-12-4-11-5-13-8-15(11)6-10-7-16-9-14-10/h5,7-9,12H,2-4,6H2,1H3. The average molecular weight is 236 g/mol. The number of thiazole rings is 1. The van der Waals surface area contributed by atoms with E-state index in [-0.39, 0.29) is 0 Å². The fourth-order valence-electron chi connectivity index (χ4n) is 1.52. The molecule has 0 aromatic carbocycles. The van der Waals surface area contributed by atoms with Gasteiger partial charge in [0.25, 0.3) is 0 Å². The second kappa shape index (κ2) is 5.77. The van der Waals surface area contributed by atoms with Crippen LogP contribution in [0.25, 0.3) is 0 Å². The van der Waals surface area contributed by atoms with Crippen LogP contribution in [0.15, 0.2) is 23.4 Å². The lowest BCUT2D eigenvalue weighted by atomic mass is 10.4. The Bertz CT molecular complexity index is 407. The molecule has 86 valence electrons. The van der Waals surface area contributed by atoms with Gasteiger partial charge in [-0.15, -0.1) is 11.3 Å². The van der Waals surface area contributed by atoms with Crippen LogP contribution >= 0.6 is 11.3 Å². The molecule has 0 fully saturated rings. The highest BCUT2D eigenvalue weighted by Crippen LogP contribution is 2.06. The van der Waals surface area contributed by atoms with Crippen molar-refractivity contribution in [3.8, 4) is 0 Å². The van der Waals surface area contributed by atoms with Crippen molar-refractivity contribution in [2.45, 2.75) is 26.4 Å². The minimum Gasteiger partial charge on any atom is -0.327 e. The Balaban J connectivity index is 1.96. The highest BCUT2D eigenvalue weighted by atomic mass is 32.1. The third kappa shape index (κ3) is 2.90. The number of nitrogens with zero attached hydrogens (tertiary/aromatic N) is 3. The molecule has 5 heteroatoms. The monoisotopic (exact) mass is 236 g/mol.